The van der Waals surface area contributed by atoms with E-state index in [4.69, 9.17) is 4.74 Å². The van der Waals surface area contributed by atoms with Gasteiger partial charge in [0.25, 0.3) is 0 Å². The van der Waals surface area contributed by atoms with E-state index in [0.717, 1.165) is 36.1 Å². The van der Waals surface area contributed by atoms with Gasteiger partial charge in [-0.05, 0) is 19.1 Å². The maximum Gasteiger partial charge on any atom is 0.152 e. The standard InChI is InChI=1S/C16H21N5O/c1-12-5-4-6-14(19-12)21-9-10-22-13(11-21)15-16(20(2)3)18-8-7-17-15/h4-8,13H,9-11H2,1-3H3/t13-/m0/s1. The first-order valence-electron chi connectivity index (χ1n) is 7.43. The number of aryl methyl sites for hydroxylation is 1. The Hall–Kier alpha value is -2.21. The minimum Gasteiger partial charge on any atom is -0.368 e. The molecular weight excluding hydrogens is 278 g/mol. The number of hydrogen-bond donors (Lipinski definition) is 0. The first kappa shape index (κ1) is 14.7. The molecule has 0 N–H and O–H groups in total. The van der Waals surface area contributed by atoms with Gasteiger partial charge < -0.3 is 14.5 Å². The predicted octanol–water partition coefficient (Wildman–Crippen LogP) is 1.82. The van der Waals surface area contributed by atoms with Gasteiger partial charge in [0.05, 0.1) is 13.2 Å². The summed E-state index contributed by atoms with van der Waals surface area (Å²) in [5.41, 5.74) is 1.90. The van der Waals surface area contributed by atoms with Crippen molar-refractivity contribution >= 4 is 11.6 Å². The van der Waals surface area contributed by atoms with Crippen LogP contribution >= 0.6 is 0 Å². The molecule has 6 heteroatoms. The number of pyridine rings is 1. The summed E-state index contributed by atoms with van der Waals surface area (Å²) < 4.78 is 5.94. The van der Waals surface area contributed by atoms with E-state index in [1.165, 1.54) is 0 Å². The molecular formula is C16H21N5O. The van der Waals surface area contributed by atoms with Crippen molar-refractivity contribution in [2.75, 3.05) is 43.6 Å². The Bertz CT molecular complexity index is 646. The maximum atomic E-state index is 5.94. The van der Waals surface area contributed by atoms with Crippen LogP contribution in [0.3, 0.4) is 0 Å². The number of ether oxygens (including phenoxy) is 1. The van der Waals surface area contributed by atoms with Crippen molar-refractivity contribution in [1.29, 1.82) is 0 Å². The van der Waals surface area contributed by atoms with E-state index >= 15 is 0 Å². The van der Waals surface area contributed by atoms with Crippen molar-refractivity contribution in [3.05, 3.63) is 42.0 Å². The molecule has 1 aliphatic rings. The van der Waals surface area contributed by atoms with Crippen molar-refractivity contribution in [3.8, 4) is 0 Å². The van der Waals surface area contributed by atoms with Gasteiger partial charge in [0.15, 0.2) is 5.82 Å². The highest BCUT2D eigenvalue weighted by Crippen LogP contribution is 2.28. The zero-order valence-electron chi connectivity index (χ0n) is 13.2. The van der Waals surface area contributed by atoms with Crippen molar-refractivity contribution in [3.63, 3.8) is 0 Å². The van der Waals surface area contributed by atoms with Gasteiger partial charge in [-0.2, -0.15) is 0 Å². The highest BCUT2D eigenvalue weighted by Gasteiger charge is 2.27. The highest BCUT2D eigenvalue weighted by molar-refractivity contribution is 5.45. The summed E-state index contributed by atoms with van der Waals surface area (Å²) in [4.78, 5) is 17.7. The second kappa shape index (κ2) is 6.27. The Morgan fingerprint density at radius 2 is 2.05 bits per heavy atom. The van der Waals surface area contributed by atoms with Crippen LogP contribution in [-0.4, -0.2) is 48.7 Å². The molecule has 22 heavy (non-hydrogen) atoms. The Morgan fingerprint density at radius 3 is 2.82 bits per heavy atom. The van der Waals surface area contributed by atoms with Gasteiger partial charge in [-0.15, -0.1) is 0 Å². The van der Waals surface area contributed by atoms with Gasteiger partial charge in [-0.3, -0.25) is 4.98 Å². The quantitative estimate of drug-likeness (QED) is 0.862. The molecule has 1 saturated heterocycles. The van der Waals surface area contributed by atoms with Crippen molar-refractivity contribution in [2.24, 2.45) is 0 Å². The molecule has 1 atom stereocenters. The zero-order valence-corrected chi connectivity index (χ0v) is 13.2. The second-order valence-corrected chi connectivity index (χ2v) is 5.60. The van der Waals surface area contributed by atoms with Crippen molar-refractivity contribution in [2.45, 2.75) is 13.0 Å². The molecule has 6 nitrogen and oxygen atoms in total. The van der Waals surface area contributed by atoms with Gasteiger partial charge in [0.1, 0.15) is 17.6 Å². The molecule has 0 aromatic carbocycles. The van der Waals surface area contributed by atoms with Crippen LogP contribution < -0.4 is 9.80 Å². The van der Waals surface area contributed by atoms with Crippen LogP contribution in [0.5, 0.6) is 0 Å². The van der Waals surface area contributed by atoms with Gasteiger partial charge in [-0.1, -0.05) is 6.07 Å². The van der Waals surface area contributed by atoms with E-state index < -0.39 is 0 Å². The lowest BCUT2D eigenvalue weighted by molar-refractivity contribution is 0.0369. The first-order chi connectivity index (χ1) is 10.6. The summed E-state index contributed by atoms with van der Waals surface area (Å²) in [6.07, 6.45) is 3.33. The molecule has 2 aromatic rings. The number of rotatable bonds is 3. The van der Waals surface area contributed by atoms with E-state index in [1.807, 2.05) is 44.1 Å². The van der Waals surface area contributed by atoms with Crippen LogP contribution in [0, 0.1) is 6.92 Å². The van der Waals surface area contributed by atoms with Crippen LogP contribution in [-0.2, 0) is 4.74 Å². The van der Waals surface area contributed by atoms with E-state index in [1.54, 1.807) is 12.4 Å². The minimum atomic E-state index is -0.0952. The van der Waals surface area contributed by atoms with E-state index in [9.17, 15) is 0 Å². The van der Waals surface area contributed by atoms with Crippen LogP contribution in [0.4, 0.5) is 11.6 Å². The molecule has 0 amide bonds. The topological polar surface area (TPSA) is 54.4 Å². The monoisotopic (exact) mass is 299 g/mol. The third-order valence-corrected chi connectivity index (χ3v) is 3.70. The third kappa shape index (κ3) is 3.01. The van der Waals surface area contributed by atoms with Gasteiger partial charge in [0.2, 0.25) is 0 Å². The molecule has 0 saturated carbocycles. The number of hydrogen-bond acceptors (Lipinski definition) is 6. The molecule has 0 spiro atoms. The molecule has 0 radical (unpaired) electrons. The first-order valence-corrected chi connectivity index (χ1v) is 7.43. The van der Waals surface area contributed by atoms with Crippen LogP contribution in [0.2, 0.25) is 0 Å². The minimum absolute atomic E-state index is 0.0952. The average molecular weight is 299 g/mol. The van der Waals surface area contributed by atoms with Crippen LogP contribution in [0.1, 0.15) is 17.5 Å². The fraction of sp³-hybridized carbons (Fsp3) is 0.438. The Kier molecular flexibility index (Phi) is 4.20. The second-order valence-electron chi connectivity index (χ2n) is 5.60. The van der Waals surface area contributed by atoms with E-state index in [2.05, 4.69) is 19.9 Å². The number of nitrogens with zero attached hydrogens (tertiary/aromatic N) is 5. The van der Waals surface area contributed by atoms with Crippen molar-refractivity contribution < 1.29 is 4.74 Å². The van der Waals surface area contributed by atoms with E-state index in [-0.39, 0.29) is 6.10 Å². The lowest BCUT2D eigenvalue weighted by Crippen LogP contribution is -2.39. The summed E-state index contributed by atoms with van der Waals surface area (Å²) in [6, 6.07) is 6.09. The smallest absolute Gasteiger partial charge is 0.152 e. The Balaban J connectivity index is 1.85. The summed E-state index contributed by atoms with van der Waals surface area (Å²) >= 11 is 0. The number of morpholine rings is 1. The number of aromatic nitrogens is 3. The molecule has 3 heterocycles. The highest BCUT2D eigenvalue weighted by atomic mass is 16.5. The fourth-order valence-corrected chi connectivity index (χ4v) is 2.64. The third-order valence-electron chi connectivity index (χ3n) is 3.70. The molecule has 2 aromatic heterocycles. The molecule has 3 rings (SSSR count). The maximum absolute atomic E-state index is 5.94. The van der Waals surface area contributed by atoms with E-state index in [0.29, 0.717) is 6.61 Å². The lowest BCUT2D eigenvalue weighted by Gasteiger charge is -2.34. The lowest BCUT2D eigenvalue weighted by atomic mass is 10.2. The summed E-state index contributed by atoms with van der Waals surface area (Å²) in [5, 5.41) is 0. The normalized spacial score (nSPS) is 18.3. The summed E-state index contributed by atoms with van der Waals surface area (Å²) in [6.45, 7) is 4.23. The van der Waals surface area contributed by atoms with Crippen molar-refractivity contribution in [1.82, 2.24) is 15.0 Å². The Labute approximate surface area is 130 Å². The molecule has 0 aliphatic carbocycles. The summed E-state index contributed by atoms with van der Waals surface area (Å²) in [7, 11) is 3.94. The molecule has 0 bridgehead atoms. The molecule has 1 fully saturated rings. The summed E-state index contributed by atoms with van der Waals surface area (Å²) in [5.74, 6) is 1.84. The van der Waals surface area contributed by atoms with Gasteiger partial charge >= 0.3 is 0 Å². The largest absolute Gasteiger partial charge is 0.368 e. The molecule has 116 valence electrons. The zero-order chi connectivity index (χ0) is 15.5. The number of anilines is 2. The predicted molar refractivity (Wildman–Crippen MR) is 86.2 cm³/mol. The Morgan fingerprint density at radius 1 is 1.23 bits per heavy atom. The SMILES string of the molecule is Cc1cccc(N2CCO[C@H](c3nccnc3N(C)C)C2)n1. The van der Waals surface area contributed by atoms with Crippen LogP contribution in [0.25, 0.3) is 0 Å². The molecule has 1 aliphatic heterocycles. The van der Waals surface area contributed by atoms with Gasteiger partial charge in [-0.25, -0.2) is 9.97 Å². The average Bonchev–Trinajstić information content (AvgIpc) is 2.55. The van der Waals surface area contributed by atoms with Crippen LogP contribution in [0.15, 0.2) is 30.6 Å². The fourth-order valence-electron chi connectivity index (χ4n) is 2.64. The molecule has 0 unspecified atom stereocenters. The van der Waals surface area contributed by atoms with Gasteiger partial charge in [0, 0.05) is 38.7 Å².